The Labute approximate surface area is 226 Å². The first kappa shape index (κ1) is 28.7. The molecule has 5 atom stereocenters. The number of nitrogens with two attached hydrogens (primary N) is 1. The predicted molar refractivity (Wildman–Crippen MR) is 147 cm³/mol. The average Bonchev–Trinajstić information content (AvgIpc) is 3.58. The molecule has 2 aliphatic rings. The number of hydrogen-bond donors (Lipinski definition) is 3. The first-order chi connectivity index (χ1) is 18.2. The van der Waals surface area contributed by atoms with Crippen LogP contribution in [0.4, 0.5) is 0 Å². The van der Waals surface area contributed by atoms with Crippen molar-refractivity contribution < 1.29 is 23.1 Å². The van der Waals surface area contributed by atoms with Gasteiger partial charge in [-0.2, -0.15) is 4.31 Å². The number of amides is 1. The maximum Gasteiger partial charge on any atom is 0.243 e. The van der Waals surface area contributed by atoms with E-state index < -0.39 is 22.2 Å². The topological polar surface area (TPSA) is 122 Å². The van der Waals surface area contributed by atoms with Gasteiger partial charge in [0.1, 0.15) is 0 Å². The zero-order valence-electron chi connectivity index (χ0n) is 22.2. The van der Waals surface area contributed by atoms with E-state index in [2.05, 4.69) is 5.32 Å². The van der Waals surface area contributed by atoms with E-state index >= 15 is 0 Å². The van der Waals surface area contributed by atoms with Crippen LogP contribution in [0, 0.1) is 11.8 Å². The number of aliphatic hydroxyl groups excluding tert-OH is 1. The molecule has 0 bridgehead atoms. The van der Waals surface area contributed by atoms with Gasteiger partial charge in [0.15, 0.2) is 0 Å². The van der Waals surface area contributed by atoms with Crippen molar-refractivity contribution in [2.24, 2.45) is 17.6 Å². The Hall–Kier alpha value is -2.30. The SMILES string of the molecule is CC(CN)CN(C[C@@H](O)[C@H](Cc1ccccc1)NC(=O)C1CCC2(CCCO2)C1)S(=O)(=O)c1ccccc1. The fourth-order valence-corrected chi connectivity index (χ4v) is 7.25. The first-order valence-electron chi connectivity index (χ1n) is 13.6. The van der Waals surface area contributed by atoms with Gasteiger partial charge >= 0.3 is 0 Å². The van der Waals surface area contributed by atoms with E-state index in [0.29, 0.717) is 19.4 Å². The van der Waals surface area contributed by atoms with Crippen LogP contribution in [0.5, 0.6) is 0 Å². The third-order valence-corrected chi connectivity index (χ3v) is 9.75. The Bertz CT molecular complexity index is 1140. The predicted octanol–water partition coefficient (Wildman–Crippen LogP) is 2.71. The Morgan fingerprint density at radius 1 is 1.13 bits per heavy atom. The average molecular weight is 544 g/mol. The molecule has 0 radical (unpaired) electrons. The molecule has 8 nitrogen and oxygen atoms in total. The van der Waals surface area contributed by atoms with Gasteiger partial charge in [-0.3, -0.25) is 4.79 Å². The summed E-state index contributed by atoms with van der Waals surface area (Å²) in [6.07, 6.45) is 3.58. The highest BCUT2D eigenvalue weighted by atomic mass is 32.2. The summed E-state index contributed by atoms with van der Waals surface area (Å²) in [7, 11) is -3.88. The van der Waals surface area contributed by atoms with Crippen molar-refractivity contribution in [2.45, 2.75) is 68.1 Å². The molecule has 1 spiro atoms. The molecular weight excluding hydrogens is 502 g/mol. The van der Waals surface area contributed by atoms with E-state index in [0.717, 1.165) is 37.9 Å². The number of carbonyl (C=O) groups is 1. The molecule has 1 amide bonds. The van der Waals surface area contributed by atoms with Crippen LogP contribution in [0.25, 0.3) is 0 Å². The lowest BCUT2D eigenvalue weighted by molar-refractivity contribution is -0.127. The number of ether oxygens (including phenoxy) is 1. The second-order valence-electron chi connectivity index (χ2n) is 10.9. The van der Waals surface area contributed by atoms with E-state index in [-0.39, 0.29) is 41.3 Å². The van der Waals surface area contributed by atoms with Crippen LogP contribution in [0.1, 0.15) is 44.6 Å². The van der Waals surface area contributed by atoms with Gasteiger partial charge in [0.25, 0.3) is 0 Å². The molecule has 2 aromatic carbocycles. The van der Waals surface area contributed by atoms with E-state index in [4.69, 9.17) is 10.5 Å². The Morgan fingerprint density at radius 3 is 2.45 bits per heavy atom. The summed E-state index contributed by atoms with van der Waals surface area (Å²) in [5.74, 6) is -0.394. The van der Waals surface area contributed by atoms with Gasteiger partial charge in [0.2, 0.25) is 15.9 Å². The number of rotatable bonds is 12. The Kier molecular flexibility index (Phi) is 9.59. The monoisotopic (exact) mass is 543 g/mol. The van der Waals surface area contributed by atoms with Crippen LogP contribution < -0.4 is 11.1 Å². The van der Waals surface area contributed by atoms with E-state index in [1.54, 1.807) is 30.3 Å². The van der Waals surface area contributed by atoms with E-state index in [1.165, 1.54) is 4.31 Å². The molecule has 1 saturated heterocycles. The van der Waals surface area contributed by atoms with Gasteiger partial charge in [0, 0.05) is 25.6 Å². The number of sulfonamides is 1. The molecule has 2 fully saturated rings. The minimum atomic E-state index is -3.88. The second kappa shape index (κ2) is 12.7. The molecule has 4 rings (SSSR count). The number of hydrogen-bond acceptors (Lipinski definition) is 6. The van der Waals surface area contributed by atoms with Crippen LogP contribution in [0.2, 0.25) is 0 Å². The molecule has 1 aliphatic heterocycles. The van der Waals surface area contributed by atoms with Crippen molar-refractivity contribution >= 4 is 15.9 Å². The summed E-state index contributed by atoms with van der Waals surface area (Å²) in [6.45, 7) is 2.95. The summed E-state index contributed by atoms with van der Waals surface area (Å²) in [6, 6.07) is 17.2. The van der Waals surface area contributed by atoms with Gasteiger partial charge < -0.3 is 20.9 Å². The summed E-state index contributed by atoms with van der Waals surface area (Å²) in [5, 5.41) is 14.5. The lowest BCUT2D eigenvalue weighted by Crippen LogP contribution is -2.52. The summed E-state index contributed by atoms with van der Waals surface area (Å²) in [5.41, 5.74) is 6.59. The number of nitrogens with zero attached hydrogens (tertiary/aromatic N) is 1. The standard InChI is InChI=1S/C29H41N3O5S/c1-22(19-30)20-32(38(35,36)25-11-6-3-7-12-25)21-27(33)26(17-23-9-4-2-5-10-23)31-28(34)24-13-15-29(18-24)14-8-16-37-29/h2-7,9-12,22,24,26-27,33H,8,13-21,30H2,1H3,(H,31,34)/t22?,24?,26-,27+,29?/m0/s1. The van der Waals surface area contributed by atoms with Crippen molar-refractivity contribution in [3.63, 3.8) is 0 Å². The van der Waals surface area contributed by atoms with Crippen LogP contribution >= 0.6 is 0 Å². The smallest absolute Gasteiger partial charge is 0.243 e. The first-order valence-corrected chi connectivity index (χ1v) is 15.1. The largest absolute Gasteiger partial charge is 0.390 e. The summed E-state index contributed by atoms with van der Waals surface area (Å²) < 4.78 is 34.4. The molecular formula is C29H41N3O5S. The van der Waals surface area contributed by atoms with E-state index in [9.17, 15) is 18.3 Å². The summed E-state index contributed by atoms with van der Waals surface area (Å²) in [4.78, 5) is 13.6. The molecule has 1 heterocycles. The second-order valence-corrected chi connectivity index (χ2v) is 12.9. The van der Waals surface area contributed by atoms with Crippen LogP contribution in [-0.4, -0.2) is 67.7 Å². The number of nitrogens with one attached hydrogen (secondary N) is 1. The lowest BCUT2D eigenvalue weighted by Gasteiger charge is -2.31. The highest BCUT2D eigenvalue weighted by molar-refractivity contribution is 7.89. The number of benzene rings is 2. The lowest BCUT2D eigenvalue weighted by atomic mass is 9.95. The molecule has 38 heavy (non-hydrogen) atoms. The van der Waals surface area contributed by atoms with Crippen molar-refractivity contribution in [2.75, 3.05) is 26.2 Å². The van der Waals surface area contributed by atoms with Gasteiger partial charge in [-0.1, -0.05) is 55.5 Å². The van der Waals surface area contributed by atoms with Crippen molar-refractivity contribution in [3.8, 4) is 0 Å². The van der Waals surface area contributed by atoms with Crippen molar-refractivity contribution in [1.29, 1.82) is 0 Å². The van der Waals surface area contributed by atoms with E-state index in [1.807, 2.05) is 37.3 Å². The zero-order valence-corrected chi connectivity index (χ0v) is 23.0. The quantitative estimate of drug-likeness (QED) is 0.378. The normalized spacial score (nSPS) is 23.9. The third-order valence-electron chi connectivity index (χ3n) is 7.90. The van der Waals surface area contributed by atoms with Crippen LogP contribution in [0.3, 0.4) is 0 Å². The van der Waals surface area contributed by atoms with Gasteiger partial charge in [-0.05, 0) is 68.7 Å². The maximum absolute atomic E-state index is 13.5. The molecule has 208 valence electrons. The molecule has 1 saturated carbocycles. The fraction of sp³-hybridized carbons (Fsp3) is 0.552. The molecule has 2 aromatic rings. The molecule has 1 aliphatic carbocycles. The van der Waals surface area contributed by atoms with Gasteiger partial charge in [-0.25, -0.2) is 8.42 Å². The van der Waals surface area contributed by atoms with Crippen LogP contribution in [-0.2, 0) is 26.0 Å². The Balaban J connectivity index is 1.53. The van der Waals surface area contributed by atoms with Gasteiger partial charge in [0.05, 0.1) is 22.6 Å². The summed E-state index contributed by atoms with van der Waals surface area (Å²) >= 11 is 0. The molecule has 9 heteroatoms. The number of carbonyl (C=O) groups excluding carboxylic acids is 1. The Morgan fingerprint density at radius 2 is 1.82 bits per heavy atom. The highest BCUT2D eigenvalue weighted by Crippen LogP contribution is 2.44. The number of aliphatic hydroxyl groups is 1. The minimum Gasteiger partial charge on any atom is -0.390 e. The van der Waals surface area contributed by atoms with Gasteiger partial charge in [-0.15, -0.1) is 0 Å². The van der Waals surface area contributed by atoms with Crippen molar-refractivity contribution in [1.82, 2.24) is 9.62 Å². The molecule has 0 aromatic heterocycles. The molecule has 4 N–H and O–H groups in total. The minimum absolute atomic E-state index is 0.106. The fourth-order valence-electron chi connectivity index (χ4n) is 5.65. The maximum atomic E-state index is 13.5. The van der Waals surface area contributed by atoms with Crippen LogP contribution in [0.15, 0.2) is 65.6 Å². The molecule has 3 unspecified atom stereocenters. The highest BCUT2D eigenvalue weighted by Gasteiger charge is 2.45. The zero-order chi connectivity index (χ0) is 27.2. The van der Waals surface area contributed by atoms with Crippen molar-refractivity contribution in [3.05, 3.63) is 66.2 Å². The third kappa shape index (κ3) is 7.01.